The van der Waals surface area contributed by atoms with Crippen LogP contribution in [0.25, 0.3) is 5.57 Å². The fraction of sp³-hybridized carbons (Fsp3) is 0.318. The van der Waals surface area contributed by atoms with Gasteiger partial charge in [-0.05, 0) is 37.6 Å². The summed E-state index contributed by atoms with van der Waals surface area (Å²) in [4.78, 5) is 45.2. The molecule has 0 radical (unpaired) electrons. The number of β-lactam (4-membered cyclic amide) rings is 1. The summed E-state index contributed by atoms with van der Waals surface area (Å²) in [6, 6.07) is 4.25. The van der Waals surface area contributed by atoms with Crippen molar-refractivity contribution in [3.63, 3.8) is 0 Å². The van der Waals surface area contributed by atoms with Crippen LogP contribution < -0.4 is 16.4 Å². The third kappa shape index (κ3) is 6.41. The molecule has 196 valence electrons. The number of carbonyl (C=O) groups excluding carboxylic acids is 2. The van der Waals surface area contributed by atoms with Crippen molar-refractivity contribution in [1.29, 1.82) is 0 Å². The molecule has 15 heteroatoms. The van der Waals surface area contributed by atoms with Crippen LogP contribution in [0, 0.1) is 0 Å². The van der Waals surface area contributed by atoms with Crippen molar-refractivity contribution in [1.82, 2.24) is 15.2 Å². The number of anilines is 1. The van der Waals surface area contributed by atoms with Crippen molar-refractivity contribution >= 4 is 104 Å². The van der Waals surface area contributed by atoms with Crippen LogP contribution in [0.5, 0.6) is 0 Å². The summed E-state index contributed by atoms with van der Waals surface area (Å²) in [7, 11) is 0. The Kier molecular flexibility index (Phi) is 9.38. The largest absolute Gasteiger partial charge is 0.477 e. The van der Waals surface area contributed by atoms with Crippen molar-refractivity contribution in [2.24, 2.45) is 5.73 Å². The lowest BCUT2D eigenvalue weighted by Gasteiger charge is -2.49. The molecule has 0 aliphatic carbocycles. The molecule has 0 saturated carbocycles. The SMILES string of the molecule is NCCCC(=S)Nc1ncc(C2=C(C(=O)O)N3C(=O)C(NC(=O)CSc4ccc(Cl)c(Cl)c4)C3SC2)s1. The minimum absolute atomic E-state index is 0.0653. The van der Waals surface area contributed by atoms with Crippen LogP contribution in [0.15, 0.2) is 35.0 Å². The van der Waals surface area contributed by atoms with E-state index in [9.17, 15) is 19.5 Å². The molecule has 4 rings (SSSR count). The fourth-order valence-electron chi connectivity index (χ4n) is 3.65. The number of hydrogen-bond acceptors (Lipinski definition) is 9. The number of nitrogens with zero attached hydrogens (tertiary/aromatic N) is 2. The first kappa shape index (κ1) is 28.1. The molecule has 2 unspecified atom stereocenters. The monoisotopic (exact) mass is 617 g/mol. The second kappa shape index (κ2) is 12.3. The number of aromatic nitrogens is 1. The zero-order chi connectivity index (χ0) is 26.7. The standard InChI is InChI=1S/C22H21Cl2N5O4S4/c23-12-4-3-10(6-13(12)24)35-9-15(30)27-17-19(31)29-18(21(32)33)11(8-36-20(17)29)14-7-26-22(37-14)28-16(34)2-1-5-25/h3-4,6-7,17,20H,1-2,5,8-9,25H2,(H,27,30)(H,32,33)(H,26,28,34). The van der Waals surface area contributed by atoms with Gasteiger partial charge in [-0.15, -0.1) is 23.5 Å². The first-order chi connectivity index (χ1) is 17.7. The predicted molar refractivity (Wildman–Crippen MR) is 153 cm³/mol. The van der Waals surface area contributed by atoms with Gasteiger partial charge in [0.05, 0.1) is 25.7 Å². The minimum atomic E-state index is -1.21. The number of carboxylic acid groups (broad SMARTS) is 1. The summed E-state index contributed by atoms with van der Waals surface area (Å²) in [6.45, 7) is 0.527. The molecule has 2 amide bonds. The number of amides is 2. The molecule has 0 bridgehead atoms. The third-order valence-corrected chi connectivity index (χ3v) is 9.70. The van der Waals surface area contributed by atoms with Crippen LogP contribution in [0.2, 0.25) is 10.0 Å². The Balaban J connectivity index is 1.41. The highest BCUT2D eigenvalue weighted by Gasteiger charge is 2.54. The number of carbonyl (C=O) groups is 3. The number of hydrogen-bond donors (Lipinski definition) is 4. The van der Waals surface area contributed by atoms with E-state index in [0.717, 1.165) is 11.3 Å². The zero-order valence-electron chi connectivity index (χ0n) is 19.0. The molecule has 0 spiro atoms. The van der Waals surface area contributed by atoms with E-state index in [1.165, 1.54) is 39.8 Å². The van der Waals surface area contributed by atoms with Gasteiger partial charge in [-0.2, -0.15) is 0 Å². The number of nitrogens with one attached hydrogen (secondary N) is 2. The summed E-state index contributed by atoms with van der Waals surface area (Å²) in [5.41, 5.74) is 5.92. The minimum Gasteiger partial charge on any atom is -0.477 e. The Morgan fingerprint density at radius 1 is 1.32 bits per heavy atom. The van der Waals surface area contributed by atoms with Gasteiger partial charge in [-0.25, -0.2) is 9.78 Å². The molecule has 2 aliphatic heterocycles. The molecular weight excluding hydrogens is 597 g/mol. The normalized spacial score (nSPS) is 18.8. The molecule has 2 aromatic rings. The maximum atomic E-state index is 12.9. The second-order valence-electron chi connectivity index (χ2n) is 7.92. The van der Waals surface area contributed by atoms with E-state index >= 15 is 0 Å². The molecule has 3 heterocycles. The lowest BCUT2D eigenvalue weighted by molar-refractivity contribution is -0.150. The van der Waals surface area contributed by atoms with Gasteiger partial charge in [0.15, 0.2) is 5.13 Å². The number of halogens is 2. The average molecular weight is 619 g/mol. The van der Waals surface area contributed by atoms with Gasteiger partial charge in [0.1, 0.15) is 17.1 Å². The quantitative estimate of drug-likeness (QED) is 0.176. The van der Waals surface area contributed by atoms with Gasteiger partial charge in [0.2, 0.25) is 5.91 Å². The van der Waals surface area contributed by atoms with Crippen molar-refractivity contribution in [2.75, 3.05) is 23.4 Å². The first-order valence-electron chi connectivity index (χ1n) is 10.9. The van der Waals surface area contributed by atoms with E-state index in [2.05, 4.69) is 15.6 Å². The van der Waals surface area contributed by atoms with Crippen molar-refractivity contribution in [3.8, 4) is 0 Å². The Morgan fingerprint density at radius 2 is 2.11 bits per heavy atom. The maximum absolute atomic E-state index is 12.9. The van der Waals surface area contributed by atoms with Crippen molar-refractivity contribution in [3.05, 3.63) is 45.0 Å². The molecule has 2 atom stereocenters. The highest BCUT2D eigenvalue weighted by Crippen LogP contribution is 2.44. The molecule has 5 N–H and O–H groups in total. The highest BCUT2D eigenvalue weighted by atomic mass is 35.5. The number of thioether (sulfide) groups is 2. The predicted octanol–water partition coefficient (Wildman–Crippen LogP) is 3.92. The molecule has 1 fully saturated rings. The number of benzene rings is 1. The number of rotatable bonds is 10. The molecule has 1 saturated heterocycles. The zero-order valence-corrected chi connectivity index (χ0v) is 23.8. The van der Waals surface area contributed by atoms with E-state index in [4.69, 9.17) is 41.2 Å². The number of carboxylic acids is 1. The van der Waals surface area contributed by atoms with Gasteiger partial charge in [-0.3, -0.25) is 14.5 Å². The Morgan fingerprint density at radius 3 is 2.81 bits per heavy atom. The summed E-state index contributed by atoms with van der Waals surface area (Å²) in [5.74, 6) is -1.61. The summed E-state index contributed by atoms with van der Waals surface area (Å²) >= 11 is 21.1. The Labute approximate surface area is 240 Å². The van der Waals surface area contributed by atoms with Gasteiger partial charge in [-0.1, -0.05) is 46.8 Å². The van der Waals surface area contributed by atoms with Crippen LogP contribution in [-0.2, 0) is 14.4 Å². The molecule has 2 aliphatic rings. The lowest BCUT2D eigenvalue weighted by Crippen LogP contribution is -2.70. The van der Waals surface area contributed by atoms with Gasteiger partial charge in [0, 0.05) is 22.4 Å². The molecule has 1 aromatic carbocycles. The molecular formula is C22H21Cl2N5O4S4. The average Bonchev–Trinajstić information content (AvgIpc) is 3.33. The summed E-state index contributed by atoms with van der Waals surface area (Å²) in [5, 5.41) is 16.6. The summed E-state index contributed by atoms with van der Waals surface area (Å²) in [6.07, 6.45) is 2.95. The van der Waals surface area contributed by atoms with Crippen LogP contribution in [-0.4, -0.2) is 67.2 Å². The molecule has 37 heavy (non-hydrogen) atoms. The highest BCUT2D eigenvalue weighted by molar-refractivity contribution is 8.00. The second-order valence-corrected chi connectivity index (χ2v) is 12.4. The fourth-order valence-corrected chi connectivity index (χ4v) is 7.41. The number of thiazole rings is 1. The van der Waals surface area contributed by atoms with Crippen LogP contribution in [0.4, 0.5) is 5.13 Å². The van der Waals surface area contributed by atoms with E-state index in [1.807, 2.05) is 0 Å². The van der Waals surface area contributed by atoms with Crippen molar-refractivity contribution < 1.29 is 19.5 Å². The Hall–Kier alpha value is -1.87. The first-order valence-corrected chi connectivity index (χ1v) is 15.0. The molecule has 1 aromatic heterocycles. The number of nitrogens with two attached hydrogens (primary N) is 1. The van der Waals surface area contributed by atoms with Crippen LogP contribution in [0.3, 0.4) is 0 Å². The van der Waals surface area contributed by atoms with Crippen LogP contribution >= 0.6 is 70.3 Å². The lowest BCUT2D eigenvalue weighted by atomic mass is 10.0. The number of fused-ring (bicyclic) bond motifs is 1. The maximum Gasteiger partial charge on any atom is 0.353 e. The van der Waals surface area contributed by atoms with Gasteiger partial charge < -0.3 is 21.5 Å². The molecule has 9 nitrogen and oxygen atoms in total. The van der Waals surface area contributed by atoms with E-state index in [1.54, 1.807) is 24.4 Å². The van der Waals surface area contributed by atoms with Crippen molar-refractivity contribution in [2.45, 2.75) is 29.2 Å². The van der Waals surface area contributed by atoms with Crippen LogP contribution in [0.1, 0.15) is 17.7 Å². The Bertz CT molecular complexity index is 1290. The van der Waals surface area contributed by atoms with E-state index in [-0.39, 0.29) is 17.4 Å². The summed E-state index contributed by atoms with van der Waals surface area (Å²) < 4.78 is 0. The third-order valence-electron chi connectivity index (χ3n) is 5.41. The van der Waals surface area contributed by atoms with E-state index < -0.39 is 23.3 Å². The number of thiocarbonyl (C=S) groups is 1. The smallest absolute Gasteiger partial charge is 0.353 e. The van der Waals surface area contributed by atoms with Gasteiger partial charge in [0.25, 0.3) is 5.91 Å². The van der Waals surface area contributed by atoms with Gasteiger partial charge >= 0.3 is 5.97 Å². The topological polar surface area (TPSA) is 138 Å². The number of aliphatic carboxylic acids is 1. The van der Waals surface area contributed by atoms with E-state index in [0.29, 0.717) is 49.3 Å².